The second-order valence-electron chi connectivity index (χ2n) is 5.10. The van der Waals surface area contributed by atoms with Gasteiger partial charge in [-0.2, -0.15) is 5.10 Å². The zero-order valence-corrected chi connectivity index (χ0v) is 13.1. The van der Waals surface area contributed by atoms with E-state index in [0.717, 1.165) is 5.56 Å². The summed E-state index contributed by atoms with van der Waals surface area (Å²) < 4.78 is 39.6. The van der Waals surface area contributed by atoms with E-state index >= 15 is 0 Å². The molecule has 118 valence electrons. The second kappa shape index (κ2) is 5.62. The minimum atomic E-state index is -3.61. The topological polar surface area (TPSA) is 82.5 Å². The van der Waals surface area contributed by atoms with E-state index in [-0.39, 0.29) is 4.90 Å². The van der Waals surface area contributed by atoms with E-state index in [0.29, 0.717) is 24.7 Å². The summed E-state index contributed by atoms with van der Waals surface area (Å²) >= 11 is 0. The summed E-state index contributed by atoms with van der Waals surface area (Å²) in [6.07, 6.45) is 2.78. The molecule has 0 fully saturated rings. The Morgan fingerprint density at radius 1 is 1.27 bits per heavy atom. The number of aromatic nitrogens is 2. The molecule has 0 amide bonds. The maximum Gasteiger partial charge on any atom is 0.244 e. The van der Waals surface area contributed by atoms with Gasteiger partial charge in [-0.25, -0.2) is 13.1 Å². The minimum absolute atomic E-state index is 0.138. The third kappa shape index (κ3) is 2.93. The second-order valence-corrected chi connectivity index (χ2v) is 6.81. The molecule has 3 rings (SSSR count). The number of sulfonamides is 1. The third-order valence-electron chi connectivity index (χ3n) is 3.39. The molecule has 22 heavy (non-hydrogen) atoms. The number of benzene rings is 1. The molecule has 8 heteroatoms. The smallest absolute Gasteiger partial charge is 0.244 e. The van der Waals surface area contributed by atoms with E-state index in [2.05, 4.69) is 9.82 Å². The Balaban J connectivity index is 1.81. The van der Waals surface area contributed by atoms with Crippen LogP contribution in [0.5, 0.6) is 11.5 Å². The van der Waals surface area contributed by atoms with Crippen molar-refractivity contribution >= 4 is 10.0 Å². The number of aryl methyl sites for hydroxylation is 1. The molecule has 0 aliphatic carbocycles. The quantitative estimate of drug-likeness (QED) is 0.915. The van der Waals surface area contributed by atoms with Crippen LogP contribution in [0.4, 0.5) is 0 Å². The van der Waals surface area contributed by atoms with Crippen LogP contribution in [0, 0.1) is 0 Å². The number of hydrogen-bond donors (Lipinski definition) is 1. The van der Waals surface area contributed by atoms with Crippen molar-refractivity contribution < 1.29 is 17.9 Å². The van der Waals surface area contributed by atoms with E-state index in [1.165, 1.54) is 17.1 Å². The predicted octanol–water partition coefficient (Wildman–Crippen LogP) is 1.23. The highest BCUT2D eigenvalue weighted by molar-refractivity contribution is 7.89. The van der Waals surface area contributed by atoms with Gasteiger partial charge in [-0.15, -0.1) is 0 Å². The zero-order chi connectivity index (χ0) is 15.7. The highest BCUT2D eigenvalue weighted by Gasteiger charge is 2.21. The first kappa shape index (κ1) is 14.9. The molecule has 1 aliphatic rings. The van der Waals surface area contributed by atoms with Crippen molar-refractivity contribution in [3.8, 4) is 11.5 Å². The van der Waals surface area contributed by atoms with Gasteiger partial charge in [-0.3, -0.25) is 4.68 Å². The van der Waals surface area contributed by atoms with Crippen LogP contribution >= 0.6 is 0 Å². The molecule has 0 saturated heterocycles. The van der Waals surface area contributed by atoms with Gasteiger partial charge in [0.15, 0.2) is 11.5 Å². The van der Waals surface area contributed by atoms with Crippen LogP contribution in [0.1, 0.15) is 18.5 Å². The summed E-state index contributed by atoms with van der Waals surface area (Å²) in [6.45, 7) is 2.79. The van der Waals surface area contributed by atoms with Crippen LogP contribution < -0.4 is 14.2 Å². The lowest BCUT2D eigenvalue weighted by Crippen LogP contribution is -2.27. The largest absolute Gasteiger partial charge is 0.486 e. The normalized spacial score (nSPS) is 15.5. The molecule has 2 aromatic rings. The van der Waals surface area contributed by atoms with Gasteiger partial charge in [0.25, 0.3) is 0 Å². The van der Waals surface area contributed by atoms with Crippen LogP contribution in [0.3, 0.4) is 0 Å². The molecule has 0 saturated carbocycles. The van der Waals surface area contributed by atoms with Crippen molar-refractivity contribution in [2.24, 2.45) is 7.05 Å². The average molecular weight is 323 g/mol. The molecule has 1 atom stereocenters. The Hall–Kier alpha value is -2.06. The minimum Gasteiger partial charge on any atom is -0.486 e. The lowest BCUT2D eigenvalue weighted by atomic mass is 10.1. The Morgan fingerprint density at radius 2 is 2.00 bits per heavy atom. The summed E-state index contributed by atoms with van der Waals surface area (Å²) in [5.41, 5.74) is 0.803. The van der Waals surface area contributed by atoms with Crippen molar-refractivity contribution in [3.05, 3.63) is 36.2 Å². The fraction of sp³-hybridized carbons (Fsp3) is 0.357. The number of fused-ring (bicyclic) bond motifs is 1. The highest BCUT2D eigenvalue weighted by Crippen LogP contribution is 2.32. The monoisotopic (exact) mass is 323 g/mol. The number of ether oxygens (including phenoxy) is 2. The van der Waals surface area contributed by atoms with E-state index < -0.39 is 16.1 Å². The summed E-state index contributed by atoms with van der Waals surface area (Å²) in [5, 5.41) is 3.88. The van der Waals surface area contributed by atoms with Gasteiger partial charge in [-0.1, -0.05) is 6.07 Å². The molecule has 1 aromatic heterocycles. The highest BCUT2D eigenvalue weighted by atomic mass is 32.2. The van der Waals surface area contributed by atoms with Crippen molar-refractivity contribution in [2.75, 3.05) is 13.2 Å². The van der Waals surface area contributed by atoms with E-state index in [1.807, 2.05) is 6.07 Å². The van der Waals surface area contributed by atoms with Crippen molar-refractivity contribution in [1.29, 1.82) is 0 Å². The summed E-state index contributed by atoms with van der Waals surface area (Å²) in [4.78, 5) is 0.138. The summed E-state index contributed by atoms with van der Waals surface area (Å²) in [6, 6.07) is 5.01. The molecule has 1 aliphatic heterocycles. The predicted molar refractivity (Wildman–Crippen MR) is 79.4 cm³/mol. The van der Waals surface area contributed by atoms with Crippen LogP contribution in [0.2, 0.25) is 0 Å². The molecule has 0 spiro atoms. The number of rotatable bonds is 4. The maximum atomic E-state index is 12.3. The molecule has 7 nitrogen and oxygen atoms in total. The van der Waals surface area contributed by atoms with Crippen LogP contribution in [-0.4, -0.2) is 31.4 Å². The summed E-state index contributed by atoms with van der Waals surface area (Å²) in [7, 11) is -1.94. The maximum absolute atomic E-state index is 12.3. The standard InChI is InChI=1S/C14H17N3O4S/c1-10(16-22(18,19)12-8-15-17(2)9-12)11-3-4-13-14(7-11)21-6-5-20-13/h3-4,7-10,16H,5-6H2,1-2H3/t10-/m0/s1. The first-order valence-electron chi connectivity index (χ1n) is 6.86. The van der Waals surface area contributed by atoms with E-state index in [9.17, 15) is 8.42 Å². The van der Waals surface area contributed by atoms with Crippen LogP contribution in [0.25, 0.3) is 0 Å². The molecule has 0 radical (unpaired) electrons. The summed E-state index contributed by atoms with van der Waals surface area (Å²) in [5.74, 6) is 1.31. The number of hydrogen-bond acceptors (Lipinski definition) is 5. The average Bonchev–Trinajstić information content (AvgIpc) is 2.94. The van der Waals surface area contributed by atoms with Gasteiger partial charge < -0.3 is 9.47 Å². The Bertz CT molecular complexity index is 785. The van der Waals surface area contributed by atoms with Crippen LogP contribution in [0.15, 0.2) is 35.5 Å². The first-order valence-corrected chi connectivity index (χ1v) is 8.34. The number of nitrogens with one attached hydrogen (secondary N) is 1. The molecule has 1 N–H and O–H groups in total. The van der Waals surface area contributed by atoms with Crippen LogP contribution in [-0.2, 0) is 17.1 Å². The number of nitrogens with zero attached hydrogens (tertiary/aromatic N) is 2. The fourth-order valence-electron chi connectivity index (χ4n) is 2.24. The molecule has 0 unspecified atom stereocenters. The molecular weight excluding hydrogens is 306 g/mol. The zero-order valence-electron chi connectivity index (χ0n) is 12.3. The van der Waals surface area contributed by atoms with Crippen molar-refractivity contribution in [1.82, 2.24) is 14.5 Å². The van der Waals surface area contributed by atoms with E-state index in [1.54, 1.807) is 26.1 Å². The van der Waals surface area contributed by atoms with Gasteiger partial charge in [0.05, 0.1) is 6.20 Å². The molecular formula is C14H17N3O4S. The Labute approximate surface area is 128 Å². The molecule has 0 bridgehead atoms. The third-order valence-corrected chi connectivity index (χ3v) is 4.88. The van der Waals surface area contributed by atoms with Crippen molar-refractivity contribution in [2.45, 2.75) is 17.9 Å². The van der Waals surface area contributed by atoms with Gasteiger partial charge in [-0.05, 0) is 24.6 Å². The molecule has 2 heterocycles. The van der Waals surface area contributed by atoms with Crippen molar-refractivity contribution in [3.63, 3.8) is 0 Å². The van der Waals surface area contributed by atoms with Gasteiger partial charge in [0, 0.05) is 19.3 Å². The lowest BCUT2D eigenvalue weighted by molar-refractivity contribution is 0.171. The van der Waals surface area contributed by atoms with E-state index in [4.69, 9.17) is 9.47 Å². The SMILES string of the molecule is C[C@H](NS(=O)(=O)c1cnn(C)c1)c1ccc2c(c1)OCCO2. The van der Waals surface area contributed by atoms with Gasteiger partial charge in [0.1, 0.15) is 18.1 Å². The lowest BCUT2D eigenvalue weighted by Gasteiger charge is -2.21. The van der Waals surface area contributed by atoms with Gasteiger partial charge in [0.2, 0.25) is 10.0 Å². The molecule has 1 aromatic carbocycles. The Kier molecular flexibility index (Phi) is 3.79. The first-order chi connectivity index (χ1) is 10.5. The fourth-order valence-corrected chi connectivity index (χ4v) is 3.45. The Morgan fingerprint density at radius 3 is 2.68 bits per heavy atom. The van der Waals surface area contributed by atoms with Gasteiger partial charge >= 0.3 is 0 Å².